The van der Waals surface area contributed by atoms with Gasteiger partial charge in [-0.25, -0.2) is 0 Å². The molecule has 0 bridgehead atoms. The number of amides is 1. The fraction of sp³-hybridized carbons (Fsp3) is 0.571. The van der Waals surface area contributed by atoms with E-state index in [-0.39, 0.29) is 5.91 Å². The van der Waals surface area contributed by atoms with Gasteiger partial charge in [0, 0.05) is 24.2 Å². The highest BCUT2D eigenvalue weighted by molar-refractivity contribution is 5.93. The first-order valence-electron chi connectivity index (χ1n) is 9.55. The lowest BCUT2D eigenvalue weighted by atomic mass is 10.1. The van der Waals surface area contributed by atoms with Crippen molar-refractivity contribution in [2.45, 2.75) is 53.0 Å². The predicted octanol–water partition coefficient (Wildman–Crippen LogP) is 3.91. The average molecular weight is 344 g/mol. The Morgan fingerprint density at radius 3 is 2.52 bits per heavy atom. The molecular formula is C21H32N2O2. The molecule has 0 atom stereocenters. The molecule has 1 aromatic carbocycles. The number of hydrogen-bond acceptors (Lipinski definition) is 3. The molecular weight excluding hydrogens is 312 g/mol. The van der Waals surface area contributed by atoms with Crippen LogP contribution >= 0.6 is 0 Å². The number of hydrogen-bond donors (Lipinski definition) is 1. The lowest BCUT2D eigenvalue weighted by molar-refractivity contribution is -0.117. The van der Waals surface area contributed by atoms with Gasteiger partial charge in [0.25, 0.3) is 0 Å². The van der Waals surface area contributed by atoms with Gasteiger partial charge in [-0.1, -0.05) is 37.6 Å². The molecule has 1 fully saturated rings. The molecule has 0 radical (unpaired) electrons. The van der Waals surface area contributed by atoms with Crippen LogP contribution in [0.1, 0.15) is 52.0 Å². The van der Waals surface area contributed by atoms with Crippen LogP contribution in [0.15, 0.2) is 35.4 Å². The first-order valence-corrected chi connectivity index (χ1v) is 9.55. The van der Waals surface area contributed by atoms with Gasteiger partial charge in [-0.15, -0.1) is 0 Å². The molecule has 1 aliphatic carbocycles. The summed E-state index contributed by atoms with van der Waals surface area (Å²) in [5.74, 6) is 0.913. The summed E-state index contributed by atoms with van der Waals surface area (Å²) >= 11 is 0. The first-order chi connectivity index (χ1) is 12.2. The summed E-state index contributed by atoms with van der Waals surface area (Å²) in [6, 6.07) is 7.96. The number of ether oxygens (including phenoxy) is 1. The number of carbonyl (C=O) groups excluding carboxylic acids is 1. The Bertz CT molecular complexity index is 583. The molecule has 1 saturated carbocycles. The van der Waals surface area contributed by atoms with Crippen molar-refractivity contribution in [1.82, 2.24) is 10.2 Å². The summed E-state index contributed by atoms with van der Waals surface area (Å²) in [6.45, 7) is 10.4. The maximum atomic E-state index is 12.4. The molecule has 1 aromatic rings. The summed E-state index contributed by atoms with van der Waals surface area (Å²) in [4.78, 5) is 14.7. The average Bonchev–Trinajstić information content (AvgIpc) is 3.18. The fourth-order valence-electron chi connectivity index (χ4n) is 3.26. The number of benzene rings is 1. The van der Waals surface area contributed by atoms with E-state index in [4.69, 9.17) is 4.74 Å². The molecule has 0 heterocycles. The van der Waals surface area contributed by atoms with Crippen molar-refractivity contribution >= 4 is 5.91 Å². The zero-order valence-corrected chi connectivity index (χ0v) is 15.9. The van der Waals surface area contributed by atoms with Crippen molar-refractivity contribution in [3.63, 3.8) is 0 Å². The summed E-state index contributed by atoms with van der Waals surface area (Å²) < 4.78 is 5.96. The Labute approximate surface area is 152 Å². The maximum Gasteiger partial charge on any atom is 0.247 e. The van der Waals surface area contributed by atoms with Crippen LogP contribution in [0.4, 0.5) is 0 Å². The van der Waals surface area contributed by atoms with Crippen molar-refractivity contribution in [2.75, 3.05) is 26.2 Å². The first kappa shape index (κ1) is 19.5. The van der Waals surface area contributed by atoms with E-state index in [0.29, 0.717) is 13.2 Å². The largest absolute Gasteiger partial charge is 0.492 e. The van der Waals surface area contributed by atoms with Gasteiger partial charge in [-0.05, 0) is 51.8 Å². The van der Waals surface area contributed by atoms with Crippen LogP contribution in [-0.4, -0.2) is 37.0 Å². The lowest BCUT2D eigenvalue weighted by Crippen LogP contribution is -2.28. The second-order valence-corrected chi connectivity index (χ2v) is 6.60. The molecule has 0 spiro atoms. The van der Waals surface area contributed by atoms with E-state index in [1.165, 1.54) is 18.4 Å². The SMILES string of the molecule is CCN(CC)CCOc1ccccc1CNC(=O)C(C)=C1CCCC1. The molecule has 0 aliphatic heterocycles. The van der Waals surface area contributed by atoms with E-state index < -0.39 is 0 Å². The fourth-order valence-corrected chi connectivity index (χ4v) is 3.26. The third-order valence-electron chi connectivity index (χ3n) is 5.05. The Hall–Kier alpha value is -1.81. The Balaban J connectivity index is 1.89. The molecule has 0 aromatic heterocycles. The molecule has 0 saturated heterocycles. The highest BCUT2D eigenvalue weighted by Crippen LogP contribution is 2.27. The number of carbonyl (C=O) groups is 1. The normalized spacial score (nSPS) is 14.0. The van der Waals surface area contributed by atoms with Crippen LogP contribution in [-0.2, 0) is 11.3 Å². The number of rotatable bonds is 9. The van der Waals surface area contributed by atoms with Crippen LogP contribution in [0, 0.1) is 0 Å². The Morgan fingerprint density at radius 2 is 1.84 bits per heavy atom. The monoisotopic (exact) mass is 344 g/mol. The van der Waals surface area contributed by atoms with E-state index in [0.717, 1.165) is 49.4 Å². The van der Waals surface area contributed by atoms with E-state index in [1.54, 1.807) is 0 Å². The van der Waals surface area contributed by atoms with Crippen molar-refractivity contribution in [3.8, 4) is 5.75 Å². The highest BCUT2D eigenvalue weighted by atomic mass is 16.5. The van der Waals surface area contributed by atoms with Gasteiger partial charge in [0.2, 0.25) is 5.91 Å². The smallest absolute Gasteiger partial charge is 0.247 e. The topological polar surface area (TPSA) is 41.6 Å². The number of likely N-dealkylation sites (N-methyl/N-ethyl adjacent to an activating group) is 1. The van der Waals surface area contributed by atoms with E-state index in [2.05, 4.69) is 24.1 Å². The van der Waals surface area contributed by atoms with Crippen molar-refractivity contribution in [2.24, 2.45) is 0 Å². The van der Waals surface area contributed by atoms with Gasteiger partial charge in [0.1, 0.15) is 12.4 Å². The number of allylic oxidation sites excluding steroid dienone is 1. The lowest BCUT2D eigenvalue weighted by Gasteiger charge is -2.19. The predicted molar refractivity (Wildman–Crippen MR) is 103 cm³/mol. The Morgan fingerprint density at radius 1 is 1.16 bits per heavy atom. The molecule has 2 rings (SSSR count). The van der Waals surface area contributed by atoms with Gasteiger partial charge in [0.05, 0.1) is 0 Å². The van der Waals surface area contributed by atoms with Gasteiger partial charge >= 0.3 is 0 Å². The van der Waals surface area contributed by atoms with Crippen LogP contribution < -0.4 is 10.1 Å². The number of nitrogens with one attached hydrogen (secondary N) is 1. The van der Waals surface area contributed by atoms with E-state index in [1.807, 2.05) is 31.2 Å². The second-order valence-electron chi connectivity index (χ2n) is 6.60. The molecule has 138 valence electrons. The minimum atomic E-state index is 0.0508. The zero-order chi connectivity index (χ0) is 18.1. The minimum Gasteiger partial charge on any atom is -0.492 e. The molecule has 1 N–H and O–H groups in total. The molecule has 1 amide bonds. The van der Waals surface area contributed by atoms with Crippen molar-refractivity contribution in [1.29, 1.82) is 0 Å². The second kappa shape index (κ2) is 10.2. The minimum absolute atomic E-state index is 0.0508. The van der Waals surface area contributed by atoms with Crippen LogP contribution in [0.5, 0.6) is 5.75 Å². The third kappa shape index (κ3) is 5.89. The van der Waals surface area contributed by atoms with Gasteiger partial charge in [-0.2, -0.15) is 0 Å². The van der Waals surface area contributed by atoms with Crippen LogP contribution in [0.25, 0.3) is 0 Å². The quantitative estimate of drug-likeness (QED) is 0.691. The number of nitrogens with zero attached hydrogens (tertiary/aromatic N) is 1. The van der Waals surface area contributed by atoms with Crippen molar-refractivity contribution < 1.29 is 9.53 Å². The van der Waals surface area contributed by atoms with Gasteiger partial charge in [-0.3, -0.25) is 4.79 Å². The van der Waals surface area contributed by atoms with Gasteiger partial charge < -0.3 is 15.0 Å². The van der Waals surface area contributed by atoms with Crippen LogP contribution in [0.3, 0.4) is 0 Å². The Kier molecular flexibility index (Phi) is 7.99. The third-order valence-corrected chi connectivity index (χ3v) is 5.05. The van der Waals surface area contributed by atoms with Gasteiger partial charge in [0.15, 0.2) is 0 Å². The van der Waals surface area contributed by atoms with E-state index >= 15 is 0 Å². The molecule has 1 aliphatic rings. The summed E-state index contributed by atoms with van der Waals surface area (Å²) in [7, 11) is 0. The summed E-state index contributed by atoms with van der Waals surface area (Å²) in [5.41, 5.74) is 3.25. The summed E-state index contributed by atoms with van der Waals surface area (Å²) in [6.07, 6.45) is 4.57. The molecule has 4 nitrogen and oxygen atoms in total. The molecule has 25 heavy (non-hydrogen) atoms. The number of para-hydroxylation sites is 1. The molecule has 4 heteroatoms. The maximum absolute atomic E-state index is 12.4. The zero-order valence-electron chi connectivity index (χ0n) is 15.9. The molecule has 0 unspecified atom stereocenters. The highest BCUT2D eigenvalue weighted by Gasteiger charge is 2.15. The van der Waals surface area contributed by atoms with E-state index in [9.17, 15) is 4.79 Å². The van der Waals surface area contributed by atoms with Crippen LogP contribution in [0.2, 0.25) is 0 Å². The van der Waals surface area contributed by atoms with Crippen molar-refractivity contribution in [3.05, 3.63) is 41.0 Å². The summed E-state index contributed by atoms with van der Waals surface area (Å²) in [5, 5.41) is 3.05. The standard InChI is InChI=1S/C21H32N2O2/c1-4-23(5-2)14-15-25-20-13-9-8-12-19(20)16-22-21(24)17(3)18-10-6-7-11-18/h8-9,12-13H,4-7,10-11,14-16H2,1-3H3,(H,22,24).